The zero-order valence-corrected chi connectivity index (χ0v) is 29.3. The second kappa shape index (κ2) is 17.9. The monoisotopic (exact) mass is 674 g/mol. The summed E-state index contributed by atoms with van der Waals surface area (Å²) < 4.78 is 10.8. The molecule has 0 radical (unpaired) electrons. The van der Waals surface area contributed by atoms with E-state index >= 15 is 0 Å². The third-order valence-corrected chi connectivity index (χ3v) is 25.5. The molecule has 230 valence electrons. The van der Waals surface area contributed by atoms with Gasteiger partial charge in [-0.2, -0.15) is 0 Å². The SMILES string of the molecule is CCC[CH2][Sn]([CH2]CCC)([CH2]CCC)[c]1cccc(CC(O)/C=C/[C@@H]2[C@H]3CC(CCCCC(=O)OC)=C[C@H]3C[C@H]2O)c1. The molecule has 0 spiro atoms. The van der Waals surface area contributed by atoms with Crippen LogP contribution in [0.5, 0.6) is 0 Å². The number of aliphatic hydroxyl groups excluding tert-OH is 2. The van der Waals surface area contributed by atoms with E-state index in [1.54, 1.807) is 3.58 Å². The van der Waals surface area contributed by atoms with E-state index in [1.165, 1.54) is 70.1 Å². The summed E-state index contributed by atoms with van der Waals surface area (Å²) in [7, 11) is 1.45. The van der Waals surface area contributed by atoms with E-state index in [2.05, 4.69) is 57.2 Å². The number of carbonyl (C=O) groups is 1. The first-order valence-corrected chi connectivity index (χ1v) is 24.2. The van der Waals surface area contributed by atoms with Gasteiger partial charge in [0.25, 0.3) is 0 Å². The molecule has 3 rings (SSSR count). The van der Waals surface area contributed by atoms with E-state index < -0.39 is 24.5 Å². The predicted molar refractivity (Wildman–Crippen MR) is 174 cm³/mol. The molecule has 2 N–H and O–H groups in total. The number of aliphatic hydroxyl groups is 2. The number of ether oxygens (including phenoxy) is 1. The molecule has 0 amide bonds. The van der Waals surface area contributed by atoms with Gasteiger partial charge >= 0.3 is 220 Å². The molecule has 0 aromatic heterocycles. The van der Waals surface area contributed by atoms with Crippen LogP contribution in [0, 0.1) is 17.8 Å². The molecule has 0 saturated heterocycles. The van der Waals surface area contributed by atoms with Crippen LogP contribution in [0.1, 0.15) is 103 Å². The van der Waals surface area contributed by atoms with E-state index in [9.17, 15) is 15.0 Å². The summed E-state index contributed by atoms with van der Waals surface area (Å²) >= 11 is -2.50. The van der Waals surface area contributed by atoms with Crippen molar-refractivity contribution in [3.05, 3.63) is 53.6 Å². The standard InChI is InChI=1S/C24H31O4.3C4H9.Sn/c1-28-24(27)10-6-5-9-18-13-19-16-23(26)21(22(19)15-18)12-11-20(25)14-17-7-3-2-4-8-17;3*1-3-4-2;/h2-3,7-8,11-13,19-23,25-26H,5-6,9-10,14-16H2,1H3;3*1,3-4H2,2H3;/b12-11+;;;;/t19-,20?,21+,22-,23+;;;;/m0..../s1. The van der Waals surface area contributed by atoms with Gasteiger partial charge in [-0.25, -0.2) is 0 Å². The third-order valence-electron chi connectivity index (χ3n) is 9.87. The molecule has 5 atom stereocenters. The number of rotatable bonds is 19. The first-order valence-electron chi connectivity index (χ1n) is 16.8. The van der Waals surface area contributed by atoms with Gasteiger partial charge in [0, 0.05) is 6.42 Å². The van der Waals surface area contributed by atoms with Crippen LogP contribution in [0.4, 0.5) is 0 Å². The minimum atomic E-state index is -2.50. The summed E-state index contributed by atoms with van der Waals surface area (Å²) in [4.78, 5) is 11.4. The number of benzene rings is 1. The molecular formula is C36H58O4Sn. The van der Waals surface area contributed by atoms with Crippen molar-refractivity contribution in [2.24, 2.45) is 17.8 Å². The normalized spacial score (nSPS) is 23.1. The topological polar surface area (TPSA) is 66.8 Å². The van der Waals surface area contributed by atoms with Crippen molar-refractivity contribution < 1.29 is 19.7 Å². The van der Waals surface area contributed by atoms with Crippen LogP contribution >= 0.6 is 0 Å². The van der Waals surface area contributed by atoms with Crippen molar-refractivity contribution in [2.75, 3.05) is 7.11 Å². The number of unbranched alkanes of at least 4 members (excludes halogenated alkanes) is 4. The van der Waals surface area contributed by atoms with Gasteiger partial charge in [0.15, 0.2) is 0 Å². The van der Waals surface area contributed by atoms with Gasteiger partial charge < -0.3 is 4.74 Å². The molecule has 0 heterocycles. The van der Waals surface area contributed by atoms with E-state index in [0.717, 1.165) is 32.1 Å². The fourth-order valence-electron chi connectivity index (χ4n) is 7.46. The fourth-order valence-corrected chi connectivity index (χ4v) is 23.6. The number of esters is 1. The predicted octanol–water partition coefficient (Wildman–Crippen LogP) is 7.88. The summed E-state index contributed by atoms with van der Waals surface area (Å²) in [5.74, 6) is 0.829. The second-order valence-corrected chi connectivity index (χ2v) is 26.2. The molecule has 2 aliphatic carbocycles. The average molecular weight is 674 g/mol. The van der Waals surface area contributed by atoms with E-state index in [4.69, 9.17) is 4.74 Å². The molecule has 1 fully saturated rings. The molecular weight excluding hydrogens is 615 g/mol. The van der Waals surface area contributed by atoms with Gasteiger partial charge in [-0.1, -0.05) is 0 Å². The zero-order valence-electron chi connectivity index (χ0n) is 26.5. The number of carbonyl (C=O) groups excluding carboxylic acids is 1. The molecule has 1 aromatic rings. The average Bonchev–Trinajstić information content (AvgIpc) is 3.49. The first kappa shape index (κ1) is 34.4. The van der Waals surface area contributed by atoms with E-state index in [-0.39, 0.29) is 18.0 Å². The molecule has 1 aromatic carbocycles. The molecule has 2 aliphatic rings. The van der Waals surface area contributed by atoms with Crippen LogP contribution in [0.15, 0.2) is 48.1 Å². The number of fused-ring (bicyclic) bond motifs is 1. The van der Waals surface area contributed by atoms with Crippen LogP contribution in [-0.4, -0.2) is 53.9 Å². The maximum atomic E-state index is 11.4. The van der Waals surface area contributed by atoms with Crippen LogP contribution in [0.2, 0.25) is 13.3 Å². The van der Waals surface area contributed by atoms with Crippen LogP contribution in [0.3, 0.4) is 0 Å². The quantitative estimate of drug-likeness (QED) is 0.0679. The van der Waals surface area contributed by atoms with Gasteiger partial charge in [-0.05, 0) is 12.8 Å². The van der Waals surface area contributed by atoms with Crippen molar-refractivity contribution in [3.63, 3.8) is 0 Å². The molecule has 1 unspecified atom stereocenters. The van der Waals surface area contributed by atoms with E-state index in [0.29, 0.717) is 24.7 Å². The van der Waals surface area contributed by atoms with Crippen molar-refractivity contribution >= 4 is 27.9 Å². The molecule has 4 nitrogen and oxygen atoms in total. The summed E-state index contributed by atoms with van der Waals surface area (Å²) in [6.07, 6.45) is 19.3. The van der Waals surface area contributed by atoms with Crippen molar-refractivity contribution in [2.45, 2.75) is 130 Å². The van der Waals surface area contributed by atoms with E-state index in [1.807, 2.05) is 6.08 Å². The summed E-state index contributed by atoms with van der Waals surface area (Å²) in [5.41, 5.74) is 2.73. The Morgan fingerprint density at radius 1 is 1.05 bits per heavy atom. The Kier molecular flexibility index (Phi) is 15.0. The Morgan fingerprint density at radius 2 is 1.73 bits per heavy atom. The van der Waals surface area contributed by atoms with Crippen molar-refractivity contribution in [3.8, 4) is 0 Å². The molecule has 0 aliphatic heterocycles. The van der Waals surface area contributed by atoms with Gasteiger partial charge in [-0.15, -0.1) is 0 Å². The Balaban J connectivity index is 1.61. The maximum absolute atomic E-state index is 11.4. The second-order valence-electron chi connectivity index (χ2n) is 13.0. The molecule has 0 bridgehead atoms. The Labute approximate surface area is 254 Å². The van der Waals surface area contributed by atoms with Crippen LogP contribution < -0.4 is 3.58 Å². The van der Waals surface area contributed by atoms with Gasteiger partial charge in [0.05, 0.1) is 7.11 Å². The van der Waals surface area contributed by atoms with Gasteiger partial charge in [0.1, 0.15) is 0 Å². The molecule has 1 saturated carbocycles. The molecule has 5 heteroatoms. The first-order chi connectivity index (χ1) is 19.9. The summed E-state index contributed by atoms with van der Waals surface area (Å²) in [5, 5.41) is 21.9. The Morgan fingerprint density at radius 3 is 2.37 bits per heavy atom. The van der Waals surface area contributed by atoms with Crippen LogP contribution in [0.25, 0.3) is 0 Å². The summed E-state index contributed by atoms with van der Waals surface area (Å²) in [6.45, 7) is 6.99. The third kappa shape index (κ3) is 10.2. The van der Waals surface area contributed by atoms with Gasteiger partial charge in [-0.3, -0.25) is 4.79 Å². The number of hydrogen-bond acceptors (Lipinski definition) is 4. The van der Waals surface area contributed by atoms with Crippen molar-refractivity contribution in [1.29, 1.82) is 0 Å². The van der Waals surface area contributed by atoms with Crippen molar-refractivity contribution in [1.82, 2.24) is 0 Å². The number of hydrogen-bond donors (Lipinski definition) is 2. The Hall–Kier alpha value is -1.11. The Bertz CT molecular complexity index is 964. The van der Waals surface area contributed by atoms with Gasteiger partial charge in [0.2, 0.25) is 0 Å². The molecule has 41 heavy (non-hydrogen) atoms. The fraction of sp³-hybridized carbons (Fsp3) is 0.694. The number of allylic oxidation sites excluding steroid dienone is 2. The number of methoxy groups -OCH3 is 1. The zero-order chi connectivity index (χ0) is 29.7. The minimum absolute atomic E-state index is 0.103. The van der Waals surface area contributed by atoms with Crippen LogP contribution in [-0.2, 0) is 16.0 Å². The summed E-state index contributed by atoms with van der Waals surface area (Å²) in [6, 6.07) is 9.35.